The first-order valence-corrected chi connectivity index (χ1v) is 7.30. The number of aromatic amines is 1. The van der Waals surface area contributed by atoms with Gasteiger partial charge in [-0.1, -0.05) is 0 Å². The zero-order chi connectivity index (χ0) is 16.4. The van der Waals surface area contributed by atoms with Crippen molar-refractivity contribution in [3.05, 3.63) is 51.7 Å². The van der Waals surface area contributed by atoms with E-state index in [4.69, 9.17) is 4.74 Å². The number of rotatable bonds is 2. The van der Waals surface area contributed by atoms with Gasteiger partial charge in [-0.15, -0.1) is 0 Å². The Kier molecular flexibility index (Phi) is 4.16. The molecule has 1 saturated heterocycles. The van der Waals surface area contributed by atoms with Crippen molar-refractivity contribution in [2.24, 2.45) is 0 Å². The topological polar surface area (TPSA) is 101 Å². The molecule has 1 fully saturated rings. The van der Waals surface area contributed by atoms with E-state index in [1.165, 1.54) is 12.3 Å². The number of nitrogens with one attached hydrogen (secondary N) is 1. The van der Waals surface area contributed by atoms with Crippen LogP contribution in [-0.2, 0) is 4.74 Å². The second-order valence-electron chi connectivity index (χ2n) is 5.41. The van der Waals surface area contributed by atoms with E-state index in [1.807, 2.05) is 6.92 Å². The summed E-state index contributed by atoms with van der Waals surface area (Å²) < 4.78 is 5.66. The zero-order valence-corrected chi connectivity index (χ0v) is 12.9. The normalized spacial score (nSPS) is 18.0. The van der Waals surface area contributed by atoms with E-state index < -0.39 is 6.10 Å². The SMILES string of the molecule is Cc1cnc(C(=O)N2CCOC(c3cc(=O)[nH]c(C)n3)C2)cn1. The molecule has 1 aliphatic heterocycles. The molecule has 0 spiro atoms. The highest BCUT2D eigenvalue weighted by Crippen LogP contribution is 2.20. The monoisotopic (exact) mass is 315 g/mol. The van der Waals surface area contributed by atoms with Gasteiger partial charge in [-0.3, -0.25) is 14.6 Å². The number of nitrogens with zero attached hydrogens (tertiary/aromatic N) is 4. The zero-order valence-electron chi connectivity index (χ0n) is 12.9. The number of H-pyrrole nitrogens is 1. The molecule has 1 atom stereocenters. The fraction of sp³-hybridized carbons (Fsp3) is 0.400. The van der Waals surface area contributed by atoms with Gasteiger partial charge in [0.25, 0.3) is 11.5 Å². The Morgan fingerprint density at radius 2 is 2.17 bits per heavy atom. The third-order valence-corrected chi connectivity index (χ3v) is 3.56. The number of carbonyl (C=O) groups excluding carboxylic acids is 1. The molecule has 3 heterocycles. The van der Waals surface area contributed by atoms with Gasteiger partial charge in [-0.25, -0.2) is 9.97 Å². The van der Waals surface area contributed by atoms with Crippen molar-refractivity contribution < 1.29 is 9.53 Å². The molecule has 0 radical (unpaired) electrons. The minimum absolute atomic E-state index is 0.202. The highest BCUT2D eigenvalue weighted by Gasteiger charge is 2.28. The van der Waals surface area contributed by atoms with Crippen molar-refractivity contribution in [2.45, 2.75) is 20.0 Å². The van der Waals surface area contributed by atoms with Crippen LogP contribution in [0, 0.1) is 13.8 Å². The van der Waals surface area contributed by atoms with Crippen molar-refractivity contribution in [3.63, 3.8) is 0 Å². The largest absolute Gasteiger partial charge is 0.368 e. The minimum Gasteiger partial charge on any atom is -0.368 e. The predicted molar refractivity (Wildman–Crippen MR) is 81.0 cm³/mol. The molecule has 3 rings (SSSR count). The molecule has 0 bridgehead atoms. The maximum absolute atomic E-state index is 12.5. The standard InChI is InChI=1S/C15H17N5O3/c1-9-6-17-12(7-16-9)15(22)20-3-4-23-13(8-20)11-5-14(21)19-10(2)18-11/h5-7,13H,3-4,8H2,1-2H3,(H,18,19,21). The van der Waals surface area contributed by atoms with Crippen molar-refractivity contribution in [3.8, 4) is 0 Å². The van der Waals surface area contributed by atoms with Crippen LogP contribution in [0.1, 0.15) is 33.8 Å². The van der Waals surface area contributed by atoms with Gasteiger partial charge in [0.2, 0.25) is 0 Å². The smallest absolute Gasteiger partial charge is 0.274 e. The third-order valence-electron chi connectivity index (χ3n) is 3.56. The summed E-state index contributed by atoms with van der Waals surface area (Å²) in [6.45, 7) is 4.69. The van der Waals surface area contributed by atoms with Crippen LogP contribution < -0.4 is 5.56 Å². The van der Waals surface area contributed by atoms with Crippen LogP contribution in [0.3, 0.4) is 0 Å². The maximum Gasteiger partial charge on any atom is 0.274 e. The number of amides is 1. The number of morpholine rings is 1. The van der Waals surface area contributed by atoms with Gasteiger partial charge in [0.1, 0.15) is 17.6 Å². The lowest BCUT2D eigenvalue weighted by Gasteiger charge is -2.32. The molecule has 2 aromatic heterocycles. The molecule has 8 heteroatoms. The second-order valence-corrected chi connectivity index (χ2v) is 5.41. The van der Waals surface area contributed by atoms with Gasteiger partial charge in [0.15, 0.2) is 0 Å². The van der Waals surface area contributed by atoms with Gasteiger partial charge < -0.3 is 14.6 Å². The summed E-state index contributed by atoms with van der Waals surface area (Å²) in [6, 6.07) is 1.40. The summed E-state index contributed by atoms with van der Waals surface area (Å²) in [5.41, 5.74) is 1.35. The number of hydrogen-bond acceptors (Lipinski definition) is 6. The summed E-state index contributed by atoms with van der Waals surface area (Å²) in [7, 11) is 0. The first-order chi connectivity index (χ1) is 11.0. The van der Waals surface area contributed by atoms with Crippen LogP contribution in [0.5, 0.6) is 0 Å². The molecule has 2 aromatic rings. The lowest BCUT2D eigenvalue weighted by Crippen LogP contribution is -2.43. The number of hydrogen-bond donors (Lipinski definition) is 1. The van der Waals surface area contributed by atoms with E-state index in [0.717, 1.165) is 5.69 Å². The quantitative estimate of drug-likeness (QED) is 0.860. The highest BCUT2D eigenvalue weighted by atomic mass is 16.5. The summed E-state index contributed by atoms with van der Waals surface area (Å²) in [4.78, 5) is 40.8. The molecule has 120 valence electrons. The Balaban J connectivity index is 1.79. The average Bonchev–Trinajstić information content (AvgIpc) is 2.54. The van der Waals surface area contributed by atoms with Gasteiger partial charge in [0.05, 0.1) is 30.7 Å². The van der Waals surface area contributed by atoms with Crippen molar-refractivity contribution in [2.75, 3.05) is 19.7 Å². The maximum atomic E-state index is 12.5. The van der Waals surface area contributed by atoms with Crippen LogP contribution in [-0.4, -0.2) is 50.4 Å². The Hall–Kier alpha value is -2.61. The number of ether oxygens (including phenoxy) is 1. The number of aromatic nitrogens is 4. The van der Waals surface area contributed by atoms with E-state index in [9.17, 15) is 9.59 Å². The van der Waals surface area contributed by atoms with Crippen LogP contribution in [0.2, 0.25) is 0 Å². The number of aryl methyl sites for hydroxylation is 2. The molecule has 0 aromatic carbocycles. The van der Waals surface area contributed by atoms with Crippen LogP contribution in [0.4, 0.5) is 0 Å². The Morgan fingerprint density at radius 3 is 2.87 bits per heavy atom. The molecule has 1 amide bonds. The van der Waals surface area contributed by atoms with Gasteiger partial charge in [-0.2, -0.15) is 0 Å². The van der Waals surface area contributed by atoms with Crippen LogP contribution in [0.25, 0.3) is 0 Å². The second kappa shape index (κ2) is 6.25. The summed E-state index contributed by atoms with van der Waals surface area (Å²) in [5, 5.41) is 0. The average molecular weight is 315 g/mol. The molecule has 1 unspecified atom stereocenters. The van der Waals surface area contributed by atoms with Crippen molar-refractivity contribution >= 4 is 5.91 Å². The van der Waals surface area contributed by atoms with Gasteiger partial charge in [-0.05, 0) is 13.8 Å². The summed E-state index contributed by atoms with van der Waals surface area (Å²) in [5.74, 6) is 0.316. The molecule has 8 nitrogen and oxygen atoms in total. The van der Waals surface area contributed by atoms with Crippen LogP contribution >= 0.6 is 0 Å². The molecule has 0 aliphatic carbocycles. The molecule has 1 aliphatic rings. The first-order valence-electron chi connectivity index (χ1n) is 7.30. The third kappa shape index (κ3) is 3.42. The van der Waals surface area contributed by atoms with Gasteiger partial charge in [0, 0.05) is 18.8 Å². The predicted octanol–water partition coefficient (Wildman–Crippen LogP) is 0.390. The van der Waals surface area contributed by atoms with Crippen molar-refractivity contribution in [1.29, 1.82) is 0 Å². The van der Waals surface area contributed by atoms with Gasteiger partial charge >= 0.3 is 0 Å². The highest BCUT2D eigenvalue weighted by molar-refractivity contribution is 5.92. The summed E-state index contributed by atoms with van der Waals surface area (Å²) >= 11 is 0. The fourth-order valence-electron chi connectivity index (χ4n) is 2.45. The van der Waals surface area contributed by atoms with E-state index in [-0.39, 0.29) is 11.5 Å². The Labute approximate surface area is 132 Å². The lowest BCUT2D eigenvalue weighted by molar-refractivity contribution is -0.0251. The van der Waals surface area contributed by atoms with E-state index in [2.05, 4.69) is 19.9 Å². The van der Waals surface area contributed by atoms with Crippen LogP contribution in [0.15, 0.2) is 23.3 Å². The summed E-state index contributed by atoms with van der Waals surface area (Å²) in [6.07, 6.45) is 2.61. The molecule has 1 N–H and O–H groups in total. The minimum atomic E-state index is -0.424. The molecule has 0 saturated carbocycles. The molecular formula is C15H17N5O3. The first kappa shape index (κ1) is 15.3. The Bertz CT molecular complexity index is 771. The lowest BCUT2D eigenvalue weighted by atomic mass is 10.2. The van der Waals surface area contributed by atoms with E-state index in [0.29, 0.717) is 36.9 Å². The Morgan fingerprint density at radius 1 is 1.35 bits per heavy atom. The van der Waals surface area contributed by atoms with E-state index >= 15 is 0 Å². The molecule has 23 heavy (non-hydrogen) atoms. The fourth-order valence-corrected chi connectivity index (χ4v) is 2.45. The van der Waals surface area contributed by atoms with E-state index in [1.54, 1.807) is 18.0 Å². The molecular weight excluding hydrogens is 298 g/mol. The van der Waals surface area contributed by atoms with Crippen molar-refractivity contribution in [1.82, 2.24) is 24.8 Å². The number of carbonyl (C=O) groups is 1.